The molecule has 3 aromatic heterocycles. The van der Waals surface area contributed by atoms with Crippen LogP contribution < -0.4 is 11.1 Å². The lowest BCUT2D eigenvalue weighted by Crippen LogP contribution is -2.30. The molecule has 26 heavy (non-hydrogen) atoms. The van der Waals surface area contributed by atoms with Crippen molar-refractivity contribution in [3.8, 4) is 10.4 Å². The molecule has 0 radical (unpaired) electrons. The minimum Gasteiger partial charge on any atom is -0.360 e. The first-order valence-corrected chi connectivity index (χ1v) is 10.2. The van der Waals surface area contributed by atoms with E-state index in [1.807, 2.05) is 36.8 Å². The highest BCUT2D eigenvalue weighted by Crippen LogP contribution is 2.31. The van der Waals surface area contributed by atoms with E-state index in [1.165, 1.54) is 10.3 Å². The van der Waals surface area contributed by atoms with Crippen molar-refractivity contribution >= 4 is 50.2 Å². The third-order valence-corrected chi connectivity index (χ3v) is 6.30. The van der Waals surface area contributed by atoms with Crippen LogP contribution in [0.5, 0.6) is 0 Å². The number of rotatable bonds is 6. The quantitative estimate of drug-likeness (QED) is 0.475. The molecule has 1 aromatic carbocycles. The van der Waals surface area contributed by atoms with Gasteiger partial charge in [-0.15, -0.1) is 11.3 Å². The fourth-order valence-corrected chi connectivity index (χ4v) is 4.74. The Hall–Kier alpha value is -1.99. The Kier molecular flexibility index (Phi) is 5.17. The van der Waals surface area contributed by atoms with Crippen LogP contribution in [0.2, 0.25) is 4.34 Å². The second kappa shape index (κ2) is 7.72. The fraction of sp³-hybridized carbons (Fsp3) is 0.158. The second-order valence-corrected chi connectivity index (χ2v) is 8.85. The molecular weight excluding hydrogens is 384 g/mol. The highest BCUT2D eigenvalue weighted by Gasteiger charge is 2.09. The summed E-state index contributed by atoms with van der Waals surface area (Å²) in [6.45, 7) is 0.672. The number of anilines is 1. The van der Waals surface area contributed by atoms with E-state index in [9.17, 15) is 0 Å². The topological polar surface area (TPSA) is 63.8 Å². The zero-order chi connectivity index (χ0) is 17.9. The number of nitrogens with two attached hydrogens (primary N) is 1. The van der Waals surface area contributed by atoms with Gasteiger partial charge in [-0.3, -0.25) is 4.98 Å². The van der Waals surface area contributed by atoms with Gasteiger partial charge in [0.25, 0.3) is 0 Å². The average Bonchev–Trinajstić information content (AvgIpc) is 3.28. The van der Waals surface area contributed by atoms with Gasteiger partial charge in [0, 0.05) is 41.4 Å². The molecule has 0 amide bonds. The number of thiazole rings is 1. The maximum Gasteiger partial charge on any atom is 0.183 e. The predicted octanol–water partition coefficient (Wildman–Crippen LogP) is 5.06. The van der Waals surface area contributed by atoms with Crippen LogP contribution in [0.3, 0.4) is 0 Å². The van der Waals surface area contributed by atoms with Gasteiger partial charge in [-0.1, -0.05) is 35.1 Å². The molecule has 0 fully saturated rings. The number of aromatic nitrogens is 2. The Morgan fingerprint density at radius 1 is 1.08 bits per heavy atom. The van der Waals surface area contributed by atoms with Crippen molar-refractivity contribution in [1.29, 1.82) is 0 Å². The van der Waals surface area contributed by atoms with Gasteiger partial charge in [-0.2, -0.15) is 0 Å². The number of thiophene rings is 1. The molecule has 3 heterocycles. The van der Waals surface area contributed by atoms with E-state index in [4.69, 9.17) is 17.3 Å². The van der Waals surface area contributed by atoms with Crippen LogP contribution in [0, 0.1) is 0 Å². The molecule has 4 rings (SSSR count). The summed E-state index contributed by atoms with van der Waals surface area (Å²) in [6, 6.07) is 12.3. The molecule has 1 atom stereocenters. The van der Waals surface area contributed by atoms with Crippen molar-refractivity contribution in [2.24, 2.45) is 5.73 Å². The first kappa shape index (κ1) is 17.4. The van der Waals surface area contributed by atoms with Crippen LogP contribution in [0.1, 0.15) is 4.88 Å². The summed E-state index contributed by atoms with van der Waals surface area (Å²) < 4.78 is 0.802. The van der Waals surface area contributed by atoms with Gasteiger partial charge in [0.2, 0.25) is 0 Å². The summed E-state index contributed by atoms with van der Waals surface area (Å²) >= 11 is 9.18. The standard InChI is InChI=1S/C19H17ClN4S2/c20-18-4-3-16(25-18)8-15(21)10-23-19-24-11-17(26-19)13-1-2-14-9-22-6-5-12(14)7-13/h1-7,9,11,15H,8,10,21H2,(H,23,24)/t15-/m0/s1. The lowest BCUT2D eigenvalue weighted by molar-refractivity contribution is 0.706. The van der Waals surface area contributed by atoms with Crippen LogP contribution in [0.15, 0.2) is 55.0 Å². The molecule has 4 nitrogen and oxygen atoms in total. The number of fused-ring (bicyclic) bond motifs is 1. The van der Waals surface area contributed by atoms with Crippen molar-refractivity contribution < 1.29 is 0 Å². The second-order valence-electron chi connectivity index (χ2n) is 6.02. The maximum absolute atomic E-state index is 6.21. The van der Waals surface area contributed by atoms with E-state index in [1.54, 1.807) is 22.7 Å². The summed E-state index contributed by atoms with van der Waals surface area (Å²) in [7, 11) is 0. The Balaban J connectivity index is 1.40. The number of hydrogen-bond donors (Lipinski definition) is 2. The number of nitrogens with zero attached hydrogens (tertiary/aromatic N) is 2. The van der Waals surface area contributed by atoms with Gasteiger partial charge in [0.1, 0.15) is 0 Å². The van der Waals surface area contributed by atoms with Crippen LogP contribution in [0.4, 0.5) is 5.13 Å². The van der Waals surface area contributed by atoms with Crippen molar-refractivity contribution in [2.75, 3.05) is 11.9 Å². The Morgan fingerprint density at radius 3 is 2.85 bits per heavy atom. The highest BCUT2D eigenvalue weighted by molar-refractivity contribution is 7.18. The van der Waals surface area contributed by atoms with E-state index in [0.29, 0.717) is 6.54 Å². The van der Waals surface area contributed by atoms with Gasteiger partial charge >= 0.3 is 0 Å². The Morgan fingerprint density at radius 2 is 2.00 bits per heavy atom. The molecule has 0 aliphatic rings. The first-order valence-electron chi connectivity index (χ1n) is 8.21. The van der Waals surface area contributed by atoms with Crippen LogP contribution in [0.25, 0.3) is 21.2 Å². The van der Waals surface area contributed by atoms with E-state index in [-0.39, 0.29) is 6.04 Å². The molecule has 132 valence electrons. The molecule has 0 unspecified atom stereocenters. The van der Waals surface area contributed by atoms with Crippen molar-refractivity contribution in [1.82, 2.24) is 9.97 Å². The monoisotopic (exact) mass is 400 g/mol. The smallest absolute Gasteiger partial charge is 0.183 e. The van der Waals surface area contributed by atoms with Crippen LogP contribution in [-0.4, -0.2) is 22.6 Å². The Labute approximate surface area is 164 Å². The third kappa shape index (κ3) is 4.04. The van der Waals surface area contributed by atoms with Gasteiger partial charge < -0.3 is 11.1 Å². The van der Waals surface area contributed by atoms with Crippen molar-refractivity contribution in [3.63, 3.8) is 0 Å². The van der Waals surface area contributed by atoms with E-state index < -0.39 is 0 Å². The molecule has 0 saturated carbocycles. The number of hydrogen-bond acceptors (Lipinski definition) is 6. The molecule has 0 aliphatic carbocycles. The minimum absolute atomic E-state index is 0.0187. The molecule has 0 aliphatic heterocycles. The number of halogens is 1. The van der Waals surface area contributed by atoms with Crippen LogP contribution in [-0.2, 0) is 6.42 Å². The van der Waals surface area contributed by atoms with E-state index in [2.05, 4.69) is 33.5 Å². The summed E-state index contributed by atoms with van der Waals surface area (Å²) in [6.07, 6.45) is 6.40. The van der Waals surface area contributed by atoms with Crippen LogP contribution >= 0.6 is 34.3 Å². The molecule has 0 spiro atoms. The summed E-state index contributed by atoms with van der Waals surface area (Å²) in [4.78, 5) is 11.0. The van der Waals surface area contributed by atoms with E-state index >= 15 is 0 Å². The molecular formula is C19H17ClN4S2. The maximum atomic E-state index is 6.21. The Bertz CT molecular complexity index is 1030. The number of pyridine rings is 1. The zero-order valence-corrected chi connectivity index (χ0v) is 16.2. The molecule has 3 N–H and O–H groups in total. The largest absolute Gasteiger partial charge is 0.360 e. The molecule has 4 aromatic rings. The van der Waals surface area contributed by atoms with E-state index in [0.717, 1.165) is 31.7 Å². The van der Waals surface area contributed by atoms with Crippen molar-refractivity contribution in [2.45, 2.75) is 12.5 Å². The molecule has 0 bridgehead atoms. The molecule has 7 heteroatoms. The zero-order valence-electron chi connectivity index (χ0n) is 13.9. The molecule has 0 saturated heterocycles. The fourth-order valence-electron chi connectivity index (χ4n) is 2.74. The van der Waals surface area contributed by atoms with Crippen molar-refractivity contribution in [3.05, 3.63) is 64.2 Å². The SMILES string of the molecule is N[C@H](CNc1ncc(-c2ccc3cnccc3c2)s1)Cc1ccc(Cl)s1. The van der Waals surface area contributed by atoms with Gasteiger partial charge in [0.15, 0.2) is 5.13 Å². The first-order chi connectivity index (χ1) is 12.7. The predicted molar refractivity (Wildman–Crippen MR) is 112 cm³/mol. The number of benzene rings is 1. The van der Waals surface area contributed by atoms with Gasteiger partial charge in [-0.25, -0.2) is 4.98 Å². The normalized spacial score (nSPS) is 12.4. The summed E-state index contributed by atoms with van der Waals surface area (Å²) in [5.41, 5.74) is 7.37. The highest BCUT2D eigenvalue weighted by atomic mass is 35.5. The summed E-state index contributed by atoms with van der Waals surface area (Å²) in [5, 5.41) is 6.54. The third-order valence-electron chi connectivity index (χ3n) is 4.04. The lowest BCUT2D eigenvalue weighted by atomic mass is 10.1. The van der Waals surface area contributed by atoms with Gasteiger partial charge in [0.05, 0.1) is 9.21 Å². The minimum atomic E-state index is 0.0187. The average molecular weight is 401 g/mol. The summed E-state index contributed by atoms with van der Waals surface area (Å²) in [5.74, 6) is 0. The number of nitrogens with one attached hydrogen (secondary N) is 1. The lowest BCUT2D eigenvalue weighted by Gasteiger charge is -2.10. The van der Waals surface area contributed by atoms with Gasteiger partial charge in [-0.05, 0) is 41.6 Å².